The third-order valence-corrected chi connectivity index (χ3v) is 5.78. The van der Waals surface area contributed by atoms with Gasteiger partial charge in [-0.25, -0.2) is 9.78 Å². The molecule has 166 valence electrons. The van der Waals surface area contributed by atoms with Crippen molar-refractivity contribution in [2.75, 3.05) is 11.9 Å². The van der Waals surface area contributed by atoms with E-state index in [1.54, 1.807) is 11.0 Å². The smallest absolute Gasteiger partial charge is 0.411 e. The van der Waals surface area contributed by atoms with E-state index in [-0.39, 0.29) is 11.9 Å². The van der Waals surface area contributed by atoms with Gasteiger partial charge in [0.1, 0.15) is 0 Å². The van der Waals surface area contributed by atoms with E-state index in [4.69, 9.17) is 9.84 Å². The average molecular weight is 442 g/mol. The number of amides is 2. The molecule has 0 spiro atoms. The maximum Gasteiger partial charge on any atom is 0.411 e. The Morgan fingerprint density at radius 1 is 1.12 bits per heavy atom. The van der Waals surface area contributed by atoms with Gasteiger partial charge < -0.3 is 14.8 Å². The van der Waals surface area contributed by atoms with Crippen molar-refractivity contribution in [1.29, 1.82) is 0 Å². The molecule has 3 N–H and O–H groups in total. The van der Waals surface area contributed by atoms with Gasteiger partial charge in [-0.15, -0.1) is 0 Å². The minimum Gasteiger partial charge on any atom is -0.465 e. The Kier molecular flexibility index (Phi) is 5.07. The van der Waals surface area contributed by atoms with Gasteiger partial charge in [-0.2, -0.15) is 0 Å². The Morgan fingerprint density at radius 3 is 2.64 bits per heavy atom. The van der Waals surface area contributed by atoms with Gasteiger partial charge in [-0.3, -0.25) is 15.0 Å². The molecule has 3 aromatic carbocycles. The third kappa shape index (κ3) is 3.41. The zero-order chi connectivity index (χ0) is 23.0. The highest BCUT2D eigenvalue weighted by Gasteiger charge is 2.52. The predicted octanol–water partition coefficient (Wildman–Crippen LogP) is 4.55. The highest BCUT2D eigenvalue weighted by Crippen LogP contribution is 2.46. The Balaban J connectivity index is 1.69. The number of nitrogens with one attached hydrogen (secondary N) is 2. The van der Waals surface area contributed by atoms with Gasteiger partial charge in [0.05, 0.1) is 11.0 Å². The molecule has 4 aromatic rings. The maximum atomic E-state index is 13.6. The summed E-state index contributed by atoms with van der Waals surface area (Å²) < 4.78 is 6.44. The Labute approximate surface area is 189 Å². The molecule has 2 amide bonds. The quantitative estimate of drug-likeness (QED) is 0.406. The molecule has 5 rings (SSSR count). The molecule has 1 aliphatic rings. The van der Waals surface area contributed by atoms with Crippen molar-refractivity contribution in [2.45, 2.75) is 19.2 Å². The van der Waals surface area contributed by atoms with Crippen molar-refractivity contribution in [2.24, 2.45) is 0 Å². The molecule has 1 aliphatic heterocycles. The van der Waals surface area contributed by atoms with Crippen molar-refractivity contribution in [1.82, 2.24) is 14.9 Å². The number of carbonyl (C=O) groups is 2. The average Bonchev–Trinajstić information content (AvgIpc) is 3.31. The van der Waals surface area contributed by atoms with Crippen LogP contribution in [0.1, 0.15) is 34.0 Å². The van der Waals surface area contributed by atoms with Crippen molar-refractivity contribution >= 4 is 29.0 Å². The van der Waals surface area contributed by atoms with Crippen LogP contribution in [0.25, 0.3) is 11.0 Å². The van der Waals surface area contributed by atoms with E-state index in [0.717, 1.165) is 16.7 Å². The van der Waals surface area contributed by atoms with Crippen LogP contribution >= 0.6 is 0 Å². The molecule has 0 bridgehead atoms. The molecule has 0 radical (unpaired) electrons. The normalized spacial score (nSPS) is 17.4. The number of carbonyl (C=O) groups excluding carboxylic acids is 1. The van der Waals surface area contributed by atoms with Crippen LogP contribution in [0.2, 0.25) is 0 Å². The lowest BCUT2D eigenvalue weighted by molar-refractivity contribution is -0.107. The third-order valence-electron chi connectivity index (χ3n) is 5.78. The minimum atomic E-state index is -1.20. The SMILES string of the molecule is CCOC1(c2ccc3nc(NC(=O)O)[nH]c3c2)c2ccccc2C(=O)N1Cc1ccccc1. The van der Waals surface area contributed by atoms with Crippen molar-refractivity contribution in [3.63, 3.8) is 0 Å². The minimum absolute atomic E-state index is 0.110. The van der Waals surface area contributed by atoms with E-state index in [1.807, 2.05) is 73.7 Å². The highest BCUT2D eigenvalue weighted by atomic mass is 16.5. The van der Waals surface area contributed by atoms with Crippen LogP contribution in [-0.2, 0) is 17.0 Å². The molecule has 0 fully saturated rings. The predicted molar refractivity (Wildman–Crippen MR) is 123 cm³/mol. The van der Waals surface area contributed by atoms with E-state index in [9.17, 15) is 9.59 Å². The molecular weight excluding hydrogens is 420 g/mol. The van der Waals surface area contributed by atoms with Crippen LogP contribution in [0, 0.1) is 0 Å². The topological polar surface area (TPSA) is 108 Å². The maximum absolute atomic E-state index is 13.6. The standard InChI is InChI=1S/C25H22N4O4/c1-2-33-25(17-12-13-20-21(14-17)27-23(26-20)28-24(31)32)19-11-7-6-10-18(19)22(30)29(25)15-16-8-4-3-5-9-16/h3-14H,2,15H2,1H3,(H,31,32)(H2,26,27,28). The molecule has 8 heteroatoms. The van der Waals surface area contributed by atoms with Crippen LogP contribution in [0.15, 0.2) is 72.8 Å². The second-order valence-electron chi connectivity index (χ2n) is 7.75. The first kappa shape index (κ1) is 20.7. The number of aromatic nitrogens is 2. The fraction of sp³-hybridized carbons (Fsp3) is 0.160. The van der Waals surface area contributed by atoms with Crippen LogP contribution in [-0.4, -0.2) is 38.6 Å². The zero-order valence-electron chi connectivity index (χ0n) is 17.9. The van der Waals surface area contributed by atoms with Gasteiger partial charge in [0.15, 0.2) is 5.72 Å². The number of aromatic amines is 1. The fourth-order valence-electron chi connectivity index (χ4n) is 4.49. The van der Waals surface area contributed by atoms with Gasteiger partial charge in [-0.1, -0.05) is 54.6 Å². The van der Waals surface area contributed by atoms with E-state index in [2.05, 4.69) is 15.3 Å². The van der Waals surface area contributed by atoms with Gasteiger partial charge in [-0.05, 0) is 30.7 Å². The van der Waals surface area contributed by atoms with Gasteiger partial charge in [0, 0.05) is 29.8 Å². The summed E-state index contributed by atoms with van der Waals surface area (Å²) in [6, 6.07) is 22.8. The number of nitrogens with zero attached hydrogens (tertiary/aromatic N) is 2. The van der Waals surface area contributed by atoms with Crippen LogP contribution in [0.3, 0.4) is 0 Å². The number of H-pyrrole nitrogens is 1. The molecule has 33 heavy (non-hydrogen) atoms. The number of hydrogen-bond donors (Lipinski definition) is 3. The largest absolute Gasteiger partial charge is 0.465 e. The van der Waals surface area contributed by atoms with Gasteiger partial charge in [0.25, 0.3) is 5.91 Å². The molecule has 0 aliphatic carbocycles. The molecule has 8 nitrogen and oxygen atoms in total. The summed E-state index contributed by atoms with van der Waals surface area (Å²) >= 11 is 0. The van der Waals surface area contributed by atoms with Crippen LogP contribution in [0.5, 0.6) is 0 Å². The summed E-state index contributed by atoms with van der Waals surface area (Å²) in [5.74, 6) is 0.0185. The first-order valence-corrected chi connectivity index (χ1v) is 10.6. The number of rotatable bonds is 6. The van der Waals surface area contributed by atoms with E-state index < -0.39 is 11.8 Å². The Morgan fingerprint density at radius 2 is 1.88 bits per heavy atom. The monoisotopic (exact) mass is 442 g/mol. The number of anilines is 1. The second-order valence-corrected chi connectivity index (χ2v) is 7.75. The summed E-state index contributed by atoms with van der Waals surface area (Å²) in [6.07, 6.45) is -1.20. The van der Waals surface area contributed by atoms with Crippen molar-refractivity contribution in [3.8, 4) is 0 Å². The number of imidazole rings is 1. The number of hydrogen-bond acceptors (Lipinski definition) is 4. The Bertz CT molecular complexity index is 1350. The second kappa shape index (κ2) is 8.07. The van der Waals surface area contributed by atoms with Gasteiger partial charge >= 0.3 is 6.09 Å². The molecule has 1 unspecified atom stereocenters. The molecule has 0 saturated heterocycles. The first-order valence-electron chi connectivity index (χ1n) is 10.6. The summed E-state index contributed by atoms with van der Waals surface area (Å²) in [5, 5.41) is 11.2. The number of fused-ring (bicyclic) bond motifs is 2. The lowest BCUT2D eigenvalue weighted by atomic mass is 9.92. The number of carboxylic acid groups (broad SMARTS) is 1. The van der Waals surface area contributed by atoms with Crippen LogP contribution in [0.4, 0.5) is 10.7 Å². The first-order chi connectivity index (χ1) is 16.0. The fourth-order valence-corrected chi connectivity index (χ4v) is 4.49. The number of benzene rings is 3. The summed E-state index contributed by atoms with van der Waals surface area (Å²) in [5.41, 5.74) is 3.19. The van der Waals surface area contributed by atoms with Crippen molar-refractivity contribution < 1.29 is 19.4 Å². The van der Waals surface area contributed by atoms with E-state index in [1.165, 1.54) is 0 Å². The molecule has 1 aromatic heterocycles. The number of ether oxygens (including phenoxy) is 1. The van der Waals surface area contributed by atoms with E-state index >= 15 is 0 Å². The van der Waals surface area contributed by atoms with E-state index in [0.29, 0.717) is 29.7 Å². The zero-order valence-corrected chi connectivity index (χ0v) is 17.9. The lowest BCUT2D eigenvalue weighted by Crippen LogP contribution is -2.46. The Hall–Kier alpha value is -4.17. The molecule has 0 saturated carbocycles. The lowest BCUT2D eigenvalue weighted by Gasteiger charge is -2.39. The van der Waals surface area contributed by atoms with Gasteiger partial charge in [0.2, 0.25) is 5.95 Å². The molecular formula is C25H22N4O4. The summed E-state index contributed by atoms with van der Waals surface area (Å²) in [6.45, 7) is 2.64. The highest BCUT2D eigenvalue weighted by molar-refractivity contribution is 6.00. The molecule has 2 heterocycles. The summed E-state index contributed by atoms with van der Waals surface area (Å²) in [7, 11) is 0. The summed E-state index contributed by atoms with van der Waals surface area (Å²) in [4.78, 5) is 33.6. The van der Waals surface area contributed by atoms with Crippen LogP contribution < -0.4 is 5.32 Å². The van der Waals surface area contributed by atoms with Crippen molar-refractivity contribution in [3.05, 3.63) is 95.1 Å². The molecule has 1 atom stereocenters.